The summed E-state index contributed by atoms with van der Waals surface area (Å²) in [5.41, 5.74) is 15.5. The van der Waals surface area contributed by atoms with Crippen LogP contribution in [0.25, 0.3) is 95.0 Å². The molecule has 0 spiro atoms. The third-order valence-corrected chi connectivity index (χ3v) is 11.9. The van der Waals surface area contributed by atoms with Gasteiger partial charge in [-0.15, -0.1) is 0 Å². The Morgan fingerprint density at radius 2 is 0.845 bits per heavy atom. The zero-order chi connectivity index (χ0) is 38.8. The third-order valence-electron chi connectivity index (χ3n) is 11.9. The summed E-state index contributed by atoms with van der Waals surface area (Å²) >= 11 is 0. The monoisotopic (exact) mass is 742 g/mol. The van der Waals surface area contributed by atoms with Gasteiger partial charge in [0.05, 0.1) is 16.7 Å². The maximum Gasteiger partial charge on any atom is 0.166 e. The van der Waals surface area contributed by atoms with Gasteiger partial charge in [0.1, 0.15) is 0 Å². The Bertz CT molecular complexity index is 3130. The molecule has 58 heavy (non-hydrogen) atoms. The number of para-hydroxylation sites is 2. The highest BCUT2D eigenvalue weighted by Crippen LogP contribution is 2.52. The number of hydrogen-bond donors (Lipinski definition) is 0. The van der Waals surface area contributed by atoms with Crippen molar-refractivity contribution in [2.24, 2.45) is 0 Å². The molecule has 8 aromatic carbocycles. The first kappa shape index (κ1) is 33.9. The van der Waals surface area contributed by atoms with Crippen molar-refractivity contribution < 1.29 is 0 Å². The average molecular weight is 743 g/mol. The second-order valence-electron chi connectivity index (χ2n) is 15.6. The Kier molecular flexibility index (Phi) is 7.80. The predicted octanol–water partition coefficient (Wildman–Crippen LogP) is 13.6. The van der Waals surface area contributed by atoms with Crippen molar-refractivity contribution in [3.05, 3.63) is 205 Å². The van der Waals surface area contributed by atoms with E-state index in [0.717, 1.165) is 50.1 Å². The maximum absolute atomic E-state index is 5.47. The van der Waals surface area contributed by atoms with E-state index in [1.165, 1.54) is 38.6 Å². The van der Waals surface area contributed by atoms with E-state index >= 15 is 0 Å². The van der Waals surface area contributed by atoms with Gasteiger partial charge in [-0.1, -0.05) is 184 Å². The van der Waals surface area contributed by atoms with Gasteiger partial charge in [-0.05, 0) is 68.8 Å². The van der Waals surface area contributed by atoms with Crippen LogP contribution >= 0.6 is 0 Å². The van der Waals surface area contributed by atoms with Crippen LogP contribution in [-0.4, -0.2) is 19.5 Å². The van der Waals surface area contributed by atoms with Crippen molar-refractivity contribution in [2.45, 2.75) is 19.3 Å². The molecule has 0 amide bonds. The fourth-order valence-electron chi connectivity index (χ4n) is 9.12. The van der Waals surface area contributed by atoms with E-state index in [9.17, 15) is 0 Å². The lowest BCUT2D eigenvalue weighted by Crippen LogP contribution is -2.17. The molecule has 2 heterocycles. The Hall–Kier alpha value is -7.43. The number of aromatic nitrogens is 4. The van der Waals surface area contributed by atoms with Crippen molar-refractivity contribution in [1.82, 2.24) is 19.5 Å². The van der Waals surface area contributed by atoms with E-state index in [1.807, 2.05) is 6.07 Å². The Morgan fingerprint density at radius 3 is 1.53 bits per heavy atom. The molecule has 2 aromatic heterocycles. The van der Waals surface area contributed by atoms with Crippen LogP contribution in [0.2, 0.25) is 0 Å². The first-order chi connectivity index (χ1) is 28.5. The summed E-state index contributed by atoms with van der Waals surface area (Å²) in [5.74, 6) is 1.91. The van der Waals surface area contributed by atoms with E-state index in [1.54, 1.807) is 0 Å². The molecular weight excluding hydrogens is 705 g/mol. The van der Waals surface area contributed by atoms with Crippen LogP contribution in [-0.2, 0) is 5.41 Å². The molecule has 1 aliphatic carbocycles. The molecule has 0 aliphatic heterocycles. The summed E-state index contributed by atoms with van der Waals surface area (Å²) in [6, 6.07) is 68.9. The van der Waals surface area contributed by atoms with Gasteiger partial charge < -0.3 is 4.57 Å². The molecule has 1 aliphatic rings. The molecule has 0 atom stereocenters. The van der Waals surface area contributed by atoms with E-state index in [-0.39, 0.29) is 5.41 Å². The smallest absolute Gasteiger partial charge is 0.166 e. The van der Waals surface area contributed by atoms with Crippen molar-refractivity contribution in [2.75, 3.05) is 0 Å². The highest BCUT2D eigenvalue weighted by Gasteiger charge is 2.38. The molecular formula is C54H38N4. The zero-order valence-electron chi connectivity index (χ0n) is 32.3. The first-order valence-electron chi connectivity index (χ1n) is 19.9. The molecule has 10 aromatic rings. The SMILES string of the molecule is CC1(C)c2ccccc2-c2cccc(-c3nc(-c4ccc(-c5ccccc5)cc4)nc(-c4ccc(-c5ccccc5)cc4-n4c5ccccc5c5ccccc54)n3)c21. The highest BCUT2D eigenvalue weighted by atomic mass is 15.1. The molecule has 0 N–H and O–H groups in total. The van der Waals surface area contributed by atoms with Crippen LogP contribution in [0.15, 0.2) is 194 Å². The maximum atomic E-state index is 5.47. The zero-order valence-corrected chi connectivity index (χ0v) is 32.3. The van der Waals surface area contributed by atoms with Gasteiger partial charge in [0.25, 0.3) is 0 Å². The summed E-state index contributed by atoms with van der Waals surface area (Å²) in [4.78, 5) is 16.2. The number of hydrogen-bond acceptors (Lipinski definition) is 3. The Morgan fingerprint density at radius 1 is 0.362 bits per heavy atom. The van der Waals surface area contributed by atoms with Gasteiger partial charge in [0.2, 0.25) is 0 Å². The van der Waals surface area contributed by atoms with Crippen LogP contribution in [0.5, 0.6) is 0 Å². The first-order valence-corrected chi connectivity index (χ1v) is 19.9. The Labute approximate surface area is 337 Å². The second-order valence-corrected chi connectivity index (χ2v) is 15.6. The van der Waals surface area contributed by atoms with Crippen LogP contribution < -0.4 is 0 Å². The lowest BCUT2D eigenvalue weighted by molar-refractivity contribution is 0.661. The van der Waals surface area contributed by atoms with Gasteiger partial charge in [-0.2, -0.15) is 0 Å². The van der Waals surface area contributed by atoms with Crippen molar-refractivity contribution in [1.29, 1.82) is 0 Å². The summed E-state index contributed by atoms with van der Waals surface area (Å²) < 4.78 is 2.38. The van der Waals surface area contributed by atoms with Gasteiger partial charge in [-0.25, -0.2) is 15.0 Å². The van der Waals surface area contributed by atoms with E-state index in [2.05, 4.69) is 206 Å². The molecule has 0 saturated heterocycles. The van der Waals surface area contributed by atoms with Crippen molar-refractivity contribution in [3.8, 4) is 73.2 Å². The van der Waals surface area contributed by atoms with E-state index < -0.39 is 0 Å². The minimum absolute atomic E-state index is 0.252. The van der Waals surface area contributed by atoms with Crippen molar-refractivity contribution in [3.63, 3.8) is 0 Å². The minimum atomic E-state index is -0.252. The topological polar surface area (TPSA) is 43.6 Å². The van der Waals surface area contributed by atoms with E-state index in [0.29, 0.717) is 17.5 Å². The predicted molar refractivity (Wildman–Crippen MR) is 239 cm³/mol. The van der Waals surface area contributed by atoms with Crippen LogP contribution in [0, 0.1) is 0 Å². The summed E-state index contributed by atoms with van der Waals surface area (Å²) in [6.07, 6.45) is 0. The van der Waals surface area contributed by atoms with Gasteiger partial charge >= 0.3 is 0 Å². The largest absolute Gasteiger partial charge is 0.308 e. The number of nitrogens with zero attached hydrogens (tertiary/aromatic N) is 4. The third kappa shape index (κ3) is 5.41. The van der Waals surface area contributed by atoms with E-state index in [4.69, 9.17) is 15.0 Å². The molecule has 4 heteroatoms. The molecule has 0 bridgehead atoms. The summed E-state index contributed by atoms with van der Waals surface area (Å²) in [7, 11) is 0. The summed E-state index contributed by atoms with van der Waals surface area (Å²) in [6.45, 7) is 4.63. The Balaban J connectivity index is 1.18. The molecule has 0 saturated carbocycles. The second kappa shape index (κ2) is 13.4. The highest BCUT2D eigenvalue weighted by molar-refractivity contribution is 6.09. The van der Waals surface area contributed by atoms with Crippen LogP contribution in [0.1, 0.15) is 25.0 Å². The van der Waals surface area contributed by atoms with Gasteiger partial charge in [0.15, 0.2) is 17.5 Å². The quantitative estimate of drug-likeness (QED) is 0.170. The molecule has 274 valence electrons. The number of benzene rings is 8. The summed E-state index contributed by atoms with van der Waals surface area (Å²) in [5, 5.41) is 2.40. The van der Waals surface area contributed by atoms with Gasteiger partial charge in [0, 0.05) is 32.9 Å². The lowest BCUT2D eigenvalue weighted by atomic mass is 9.80. The average Bonchev–Trinajstić information content (AvgIpc) is 3.75. The fourth-order valence-corrected chi connectivity index (χ4v) is 9.12. The number of fused-ring (bicyclic) bond motifs is 6. The fraction of sp³-hybridized carbons (Fsp3) is 0.0556. The van der Waals surface area contributed by atoms with Crippen LogP contribution in [0.4, 0.5) is 0 Å². The molecule has 0 radical (unpaired) electrons. The molecule has 0 unspecified atom stereocenters. The molecule has 4 nitrogen and oxygen atoms in total. The van der Waals surface area contributed by atoms with Crippen molar-refractivity contribution >= 4 is 21.8 Å². The van der Waals surface area contributed by atoms with Crippen LogP contribution in [0.3, 0.4) is 0 Å². The number of rotatable bonds is 6. The normalized spacial score (nSPS) is 12.8. The lowest BCUT2D eigenvalue weighted by Gasteiger charge is -2.24. The van der Waals surface area contributed by atoms with Gasteiger partial charge in [-0.3, -0.25) is 0 Å². The minimum Gasteiger partial charge on any atom is -0.308 e. The standard InChI is InChI=1S/C54H38N4/c1-54(2)46-25-12-9-20-40(46)43-23-15-24-45(50(43)54)53-56-51(38-30-28-37(29-31-38)35-16-5-3-6-17-35)55-52(57-53)44-33-32-39(36-18-7-4-8-19-36)34-49(44)58-47-26-13-10-21-41(47)42-22-11-14-27-48(42)58/h3-34H,1-2H3. The molecule has 0 fully saturated rings. The molecule has 11 rings (SSSR count).